The molecule has 4 heteroatoms. The van der Waals surface area contributed by atoms with E-state index in [1.54, 1.807) is 0 Å². The van der Waals surface area contributed by atoms with E-state index in [9.17, 15) is 13.2 Å². The first-order valence-corrected chi connectivity index (χ1v) is 5.71. The van der Waals surface area contributed by atoms with E-state index < -0.39 is 12.6 Å². The monoisotopic (exact) mass is 223 g/mol. The molecule has 0 radical (unpaired) electrons. The van der Waals surface area contributed by atoms with E-state index in [4.69, 9.17) is 0 Å². The Morgan fingerprint density at radius 1 is 1.40 bits per heavy atom. The maximum Gasteiger partial charge on any atom is 0.390 e. The van der Waals surface area contributed by atoms with E-state index >= 15 is 0 Å². The van der Waals surface area contributed by atoms with Crippen molar-refractivity contribution in [1.82, 2.24) is 4.90 Å². The van der Waals surface area contributed by atoms with Crippen molar-refractivity contribution in [1.29, 1.82) is 0 Å². The van der Waals surface area contributed by atoms with Crippen molar-refractivity contribution >= 4 is 0 Å². The molecule has 1 nitrogen and oxygen atoms in total. The van der Waals surface area contributed by atoms with Gasteiger partial charge in [0.15, 0.2) is 0 Å². The third-order valence-electron chi connectivity index (χ3n) is 3.47. The van der Waals surface area contributed by atoms with Gasteiger partial charge in [0.05, 0.1) is 6.42 Å². The van der Waals surface area contributed by atoms with Gasteiger partial charge in [-0.25, -0.2) is 0 Å². The summed E-state index contributed by atoms with van der Waals surface area (Å²) in [6.45, 7) is 6.20. The third-order valence-corrected chi connectivity index (χ3v) is 3.47. The predicted molar refractivity (Wildman–Crippen MR) is 54.7 cm³/mol. The summed E-state index contributed by atoms with van der Waals surface area (Å²) in [5.41, 5.74) is 0. The second kappa shape index (κ2) is 5.19. The van der Waals surface area contributed by atoms with E-state index in [0.717, 1.165) is 25.9 Å². The second-order valence-corrected chi connectivity index (χ2v) is 4.60. The fraction of sp³-hybridized carbons (Fsp3) is 1.00. The number of rotatable bonds is 4. The van der Waals surface area contributed by atoms with Crippen LogP contribution in [0.2, 0.25) is 0 Å². The summed E-state index contributed by atoms with van der Waals surface area (Å²) in [6.07, 6.45) is -2.49. The first-order valence-electron chi connectivity index (χ1n) is 5.71. The Hall–Kier alpha value is -0.250. The molecule has 1 aliphatic rings. The highest BCUT2D eigenvalue weighted by molar-refractivity contribution is 4.79. The summed E-state index contributed by atoms with van der Waals surface area (Å²) < 4.78 is 36.0. The minimum atomic E-state index is -4.01. The van der Waals surface area contributed by atoms with Crippen molar-refractivity contribution in [2.45, 2.75) is 39.3 Å². The highest BCUT2D eigenvalue weighted by atomic mass is 19.4. The van der Waals surface area contributed by atoms with Gasteiger partial charge in [-0.2, -0.15) is 13.2 Å². The summed E-state index contributed by atoms with van der Waals surface area (Å²) >= 11 is 0. The van der Waals surface area contributed by atoms with Crippen LogP contribution in [-0.4, -0.2) is 30.7 Å². The lowest BCUT2D eigenvalue weighted by molar-refractivity contribution is -0.137. The zero-order valence-corrected chi connectivity index (χ0v) is 9.48. The van der Waals surface area contributed by atoms with Crippen molar-refractivity contribution in [3.8, 4) is 0 Å². The molecular weight excluding hydrogens is 203 g/mol. The zero-order valence-electron chi connectivity index (χ0n) is 9.48. The molecule has 0 bridgehead atoms. The second-order valence-electron chi connectivity index (χ2n) is 4.60. The van der Waals surface area contributed by atoms with Gasteiger partial charge in [-0.3, -0.25) is 0 Å². The molecule has 0 spiro atoms. The molecular formula is C11H20F3N. The minimum Gasteiger partial charge on any atom is -0.303 e. The molecule has 2 unspecified atom stereocenters. The summed E-state index contributed by atoms with van der Waals surface area (Å²) in [4.78, 5) is 1.95. The van der Waals surface area contributed by atoms with Crippen molar-refractivity contribution < 1.29 is 13.2 Å². The lowest BCUT2D eigenvalue weighted by atomic mass is 9.91. The Kier molecular flexibility index (Phi) is 4.44. The predicted octanol–water partition coefficient (Wildman–Crippen LogP) is 3.31. The summed E-state index contributed by atoms with van der Waals surface area (Å²) in [5, 5.41) is 0. The summed E-state index contributed by atoms with van der Waals surface area (Å²) in [7, 11) is 0. The molecule has 0 amide bonds. The molecule has 1 fully saturated rings. The van der Waals surface area contributed by atoms with E-state index in [1.807, 2.05) is 4.90 Å². The molecule has 90 valence electrons. The topological polar surface area (TPSA) is 3.24 Å². The Bertz CT molecular complexity index is 191. The number of hydrogen-bond donors (Lipinski definition) is 0. The van der Waals surface area contributed by atoms with E-state index in [1.165, 1.54) is 0 Å². The van der Waals surface area contributed by atoms with Gasteiger partial charge in [-0.05, 0) is 24.8 Å². The van der Waals surface area contributed by atoms with Crippen molar-refractivity contribution in [2.75, 3.05) is 19.6 Å². The Labute approximate surface area is 89.6 Å². The molecule has 15 heavy (non-hydrogen) atoms. The first kappa shape index (κ1) is 12.8. The van der Waals surface area contributed by atoms with Gasteiger partial charge < -0.3 is 4.90 Å². The number of nitrogens with zero attached hydrogens (tertiary/aromatic N) is 1. The SMILES string of the molecule is CCC(C)C1CCN(CCC(F)(F)F)C1. The van der Waals surface area contributed by atoms with Crippen LogP contribution < -0.4 is 0 Å². The Morgan fingerprint density at radius 3 is 2.60 bits per heavy atom. The van der Waals surface area contributed by atoms with Gasteiger partial charge in [-0.15, -0.1) is 0 Å². The largest absolute Gasteiger partial charge is 0.390 e. The van der Waals surface area contributed by atoms with Crippen LogP contribution >= 0.6 is 0 Å². The maximum atomic E-state index is 12.0. The van der Waals surface area contributed by atoms with Crippen LogP contribution in [0.1, 0.15) is 33.1 Å². The molecule has 0 saturated carbocycles. The van der Waals surface area contributed by atoms with E-state index in [2.05, 4.69) is 13.8 Å². The maximum absolute atomic E-state index is 12.0. The van der Waals surface area contributed by atoms with Crippen LogP contribution in [0.3, 0.4) is 0 Å². The number of halogens is 3. The average molecular weight is 223 g/mol. The lowest BCUT2D eigenvalue weighted by Crippen LogP contribution is -2.27. The minimum absolute atomic E-state index is 0.177. The molecule has 1 aliphatic heterocycles. The number of likely N-dealkylation sites (tertiary alicyclic amines) is 1. The quantitative estimate of drug-likeness (QED) is 0.706. The van der Waals surface area contributed by atoms with Crippen LogP contribution in [-0.2, 0) is 0 Å². The fourth-order valence-corrected chi connectivity index (χ4v) is 2.15. The normalized spacial score (nSPS) is 25.8. The van der Waals surface area contributed by atoms with E-state index in [0.29, 0.717) is 11.8 Å². The number of alkyl halides is 3. The molecule has 0 aromatic heterocycles. The summed E-state index contributed by atoms with van der Waals surface area (Å²) in [6, 6.07) is 0. The molecule has 1 heterocycles. The van der Waals surface area contributed by atoms with Gasteiger partial charge in [0.2, 0.25) is 0 Å². The number of hydrogen-bond acceptors (Lipinski definition) is 1. The van der Waals surface area contributed by atoms with Crippen LogP contribution in [0.4, 0.5) is 13.2 Å². The molecule has 0 aliphatic carbocycles. The molecule has 0 aromatic carbocycles. The van der Waals surface area contributed by atoms with Crippen LogP contribution in [0.15, 0.2) is 0 Å². The van der Waals surface area contributed by atoms with Gasteiger partial charge in [-0.1, -0.05) is 20.3 Å². The molecule has 1 rings (SSSR count). The lowest BCUT2D eigenvalue weighted by Gasteiger charge is -2.19. The van der Waals surface area contributed by atoms with Gasteiger partial charge in [0.25, 0.3) is 0 Å². The molecule has 1 saturated heterocycles. The van der Waals surface area contributed by atoms with E-state index in [-0.39, 0.29) is 6.54 Å². The van der Waals surface area contributed by atoms with Crippen molar-refractivity contribution in [2.24, 2.45) is 11.8 Å². The molecule has 2 atom stereocenters. The van der Waals surface area contributed by atoms with Gasteiger partial charge >= 0.3 is 6.18 Å². The smallest absolute Gasteiger partial charge is 0.303 e. The third kappa shape index (κ3) is 4.41. The molecule has 0 aromatic rings. The van der Waals surface area contributed by atoms with Crippen LogP contribution in [0.5, 0.6) is 0 Å². The fourth-order valence-electron chi connectivity index (χ4n) is 2.15. The highest BCUT2D eigenvalue weighted by Crippen LogP contribution is 2.27. The first-order chi connectivity index (χ1) is 6.92. The average Bonchev–Trinajstić information content (AvgIpc) is 2.61. The molecule has 0 N–H and O–H groups in total. The van der Waals surface area contributed by atoms with Crippen molar-refractivity contribution in [3.63, 3.8) is 0 Å². The van der Waals surface area contributed by atoms with Crippen LogP contribution in [0.25, 0.3) is 0 Å². The van der Waals surface area contributed by atoms with Gasteiger partial charge in [0, 0.05) is 13.1 Å². The summed E-state index contributed by atoms with van der Waals surface area (Å²) in [5.74, 6) is 1.24. The zero-order chi connectivity index (χ0) is 11.5. The van der Waals surface area contributed by atoms with Crippen LogP contribution in [0, 0.1) is 11.8 Å². The Balaban J connectivity index is 2.25. The van der Waals surface area contributed by atoms with Gasteiger partial charge in [0.1, 0.15) is 0 Å². The van der Waals surface area contributed by atoms with Crippen molar-refractivity contribution in [3.05, 3.63) is 0 Å². The highest BCUT2D eigenvalue weighted by Gasteiger charge is 2.31. The Morgan fingerprint density at radius 2 is 2.07 bits per heavy atom. The standard InChI is InChI=1S/C11H20F3N/c1-3-9(2)10-4-6-15(8-10)7-5-11(12,13)14/h9-10H,3-8H2,1-2H3.